The molecular formula is C14H15NO4. The number of hydrogen-bond donors (Lipinski definition) is 5. The van der Waals surface area contributed by atoms with E-state index in [9.17, 15) is 20.4 Å². The minimum Gasteiger partial charge on any atom is -0.508 e. The fraction of sp³-hybridized carbons (Fsp3) is 0.143. The minimum atomic E-state index is -0.527. The van der Waals surface area contributed by atoms with Gasteiger partial charge in [-0.15, -0.1) is 0 Å². The summed E-state index contributed by atoms with van der Waals surface area (Å²) in [6, 6.07) is 7.89. The molecule has 0 aliphatic rings. The molecule has 5 N–H and O–H groups in total. The number of benzene rings is 2. The monoisotopic (exact) mass is 261 g/mol. The standard InChI is InChI=1S/C14H15NO4/c1-8-6-10(3-5-11(8)16)15-7-9-2-4-12(17)14(19)13(9)18/h2-6,15-19H,7H2,1H3. The van der Waals surface area contributed by atoms with Crippen LogP contribution in [0.4, 0.5) is 5.69 Å². The summed E-state index contributed by atoms with van der Waals surface area (Å²) >= 11 is 0. The fourth-order valence-corrected chi connectivity index (χ4v) is 1.72. The van der Waals surface area contributed by atoms with Crippen molar-refractivity contribution in [2.24, 2.45) is 0 Å². The molecule has 0 fully saturated rings. The number of aromatic hydroxyl groups is 4. The van der Waals surface area contributed by atoms with Gasteiger partial charge in [0.2, 0.25) is 5.75 Å². The van der Waals surface area contributed by atoms with Crippen molar-refractivity contribution < 1.29 is 20.4 Å². The summed E-state index contributed by atoms with van der Waals surface area (Å²) in [5.41, 5.74) is 1.98. The molecule has 0 aromatic heterocycles. The highest BCUT2D eigenvalue weighted by molar-refractivity contribution is 5.55. The third kappa shape index (κ3) is 2.65. The molecule has 0 saturated heterocycles. The normalized spacial score (nSPS) is 10.4. The van der Waals surface area contributed by atoms with Crippen molar-refractivity contribution in [1.82, 2.24) is 0 Å². The van der Waals surface area contributed by atoms with Gasteiger partial charge in [-0.25, -0.2) is 0 Å². The molecule has 2 rings (SSSR count). The van der Waals surface area contributed by atoms with Crippen molar-refractivity contribution in [3.8, 4) is 23.0 Å². The Balaban J connectivity index is 2.14. The van der Waals surface area contributed by atoms with Crippen molar-refractivity contribution in [3.05, 3.63) is 41.5 Å². The van der Waals surface area contributed by atoms with E-state index in [1.54, 1.807) is 25.1 Å². The van der Waals surface area contributed by atoms with Crippen LogP contribution < -0.4 is 5.32 Å². The number of rotatable bonds is 3. The quantitative estimate of drug-likeness (QED) is 0.432. The van der Waals surface area contributed by atoms with E-state index in [2.05, 4.69) is 5.32 Å². The minimum absolute atomic E-state index is 0.218. The Morgan fingerprint density at radius 1 is 0.895 bits per heavy atom. The van der Waals surface area contributed by atoms with Crippen LogP contribution in [0.3, 0.4) is 0 Å². The Morgan fingerprint density at radius 3 is 2.26 bits per heavy atom. The van der Waals surface area contributed by atoms with Crippen LogP contribution in [-0.4, -0.2) is 20.4 Å². The van der Waals surface area contributed by atoms with Gasteiger partial charge in [0.15, 0.2) is 11.5 Å². The molecule has 5 heteroatoms. The molecule has 0 bridgehead atoms. The lowest BCUT2D eigenvalue weighted by atomic mass is 10.1. The summed E-state index contributed by atoms with van der Waals surface area (Å²) in [5, 5.41) is 40.8. The van der Waals surface area contributed by atoms with Crippen LogP contribution in [0.25, 0.3) is 0 Å². The predicted molar refractivity (Wildman–Crippen MR) is 71.6 cm³/mol. The SMILES string of the molecule is Cc1cc(NCc2ccc(O)c(O)c2O)ccc1O. The van der Waals surface area contributed by atoms with Gasteiger partial charge in [0.1, 0.15) is 5.75 Å². The number of phenols is 4. The first kappa shape index (κ1) is 12.9. The maximum absolute atomic E-state index is 9.67. The molecule has 2 aromatic carbocycles. The van der Waals surface area contributed by atoms with Gasteiger partial charge in [-0.2, -0.15) is 0 Å². The van der Waals surface area contributed by atoms with Crippen molar-refractivity contribution in [2.75, 3.05) is 5.32 Å². The lowest BCUT2D eigenvalue weighted by Gasteiger charge is -2.11. The van der Waals surface area contributed by atoms with Crippen LogP contribution >= 0.6 is 0 Å². The zero-order valence-electron chi connectivity index (χ0n) is 10.4. The first-order valence-electron chi connectivity index (χ1n) is 5.75. The number of nitrogens with one attached hydrogen (secondary N) is 1. The molecule has 0 aliphatic carbocycles. The fourth-order valence-electron chi connectivity index (χ4n) is 1.72. The van der Waals surface area contributed by atoms with E-state index in [4.69, 9.17) is 0 Å². The summed E-state index contributed by atoms with van der Waals surface area (Å²) in [6.07, 6.45) is 0. The van der Waals surface area contributed by atoms with E-state index >= 15 is 0 Å². The molecule has 5 nitrogen and oxygen atoms in total. The maximum atomic E-state index is 9.67. The lowest BCUT2D eigenvalue weighted by Crippen LogP contribution is -2.00. The number of phenolic OH excluding ortho intramolecular Hbond substituents is 4. The molecular weight excluding hydrogens is 246 g/mol. The Bertz CT molecular complexity index is 611. The Kier molecular flexibility index (Phi) is 3.37. The first-order valence-corrected chi connectivity index (χ1v) is 5.75. The smallest absolute Gasteiger partial charge is 0.200 e. The molecule has 0 aliphatic heterocycles. The average Bonchev–Trinajstić information content (AvgIpc) is 2.39. The third-order valence-electron chi connectivity index (χ3n) is 2.89. The summed E-state index contributed by atoms with van der Waals surface area (Å²) in [6.45, 7) is 2.06. The van der Waals surface area contributed by atoms with Crippen molar-refractivity contribution in [2.45, 2.75) is 13.5 Å². The van der Waals surface area contributed by atoms with Crippen LogP contribution in [0.5, 0.6) is 23.0 Å². The van der Waals surface area contributed by atoms with Crippen molar-refractivity contribution in [3.63, 3.8) is 0 Å². The lowest BCUT2D eigenvalue weighted by molar-refractivity contribution is 0.365. The zero-order chi connectivity index (χ0) is 14.0. The summed E-state index contributed by atoms with van der Waals surface area (Å²) in [4.78, 5) is 0. The highest BCUT2D eigenvalue weighted by Gasteiger charge is 2.10. The van der Waals surface area contributed by atoms with Crippen LogP contribution in [0.2, 0.25) is 0 Å². The van der Waals surface area contributed by atoms with Gasteiger partial charge in [0, 0.05) is 17.8 Å². The number of hydrogen-bond acceptors (Lipinski definition) is 5. The molecule has 0 atom stereocenters. The van der Waals surface area contributed by atoms with Crippen LogP contribution in [0, 0.1) is 6.92 Å². The van der Waals surface area contributed by atoms with Gasteiger partial charge in [0.25, 0.3) is 0 Å². The van der Waals surface area contributed by atoms with Gasteiger partial charge in [-0.3, -0.25) is 0 Å². The average molecular weight is 261 g/mol. The van der Waals surface area contributed by atoms with Crippen molar-refractivity contribution in [1.29, 1.82) is 0 Å². The highest BCUT2D eigenvalue weighted by Crippen LogP contribution is 2.37. The van der Waals surface area contributed by atoms with Gasteiger partial charge >= 0.3 is 0 Å². The second kappa shape index (κ2) is 4.97. The summed E-state index contributed by atoms with van der Waals surface area (Å²) < 4.78 is 0. The summed E-state index contributed by atoms with van der Waals surface area (Å²) in [5.74, 6) is -1.01. The maximum Gasteiger partial charge on any atom is 0.200 e. The molecule has 0 unspecified atom stereocenters. The summed E-state index contributed by atoms with van der Waals surface area (Å²) in [7, 11) is 0. The molecule has 0 radical (unpaired) electrons. The van der Waals surface area contributed by atoms with E-state index in [1.165, 1.54) is 12.1 Å². The Hall–Kier alpha value is -2.56. The van der Waals surface area contributed by atoms with Crippen LogP contribution in [0.15, 0.2) is 30.3 Å². The van der Waals surface area contributed by atoms with E-state index in [0.29, 0.717) is 5.56 Å². The second-order valence-electron chi connectivity index (χ2n) is 4.30. The van der Waals surface area contributed by atoms with E-state index in [-0.39, 0.29) is 23.8 Å². The molecule has 0 spiro atoms. The first-order chi connectivity index (χ1) is 8.99. The second-order valence-corrected chi connectivity index (χ2v) is 4.30. The van der Waals surface area contributed by atoms with Gasteiger partial charge < -0.3 is 25.7 Å². The molecule has 0 amide bonds. The van der Waals surface area contributed by atoms with Crippen LogP contribution in [-0.2, 0) is 6.54 Å². The largest absolute Gasteiger partial charge is 0.508 e. The molecule has 100 valence electrons. The van der Waals surface area contributed by atoms with Gasteiger partial charge in [0.05, 0.1) is 0 Å². The van der Waals surface area contributed by atoms with Gasteiger partial charge in [-0.05, 0) is 42.8 Å². The van der Waals surface area contributed by atoms with E-state index in [0.717, 1.165) is 11.3 Å². The third-order valence-corrected chi connectivity index (χ3v) is 2.89. The molecule has 19 heavy (non-hydrogen) atoms. The van der Waals surface area contributed by atoms with Crippen molar-refractivity contribution >= 4 is 5.69 Å². The van der Waals surface area contributed by atoms with E-state index < -0.39 is 5.75 Å². The number of anilines is 1. The molecule has 0 heterocycles. The molecule has 2 aromatic rings. The van der Waals surface area contributed by atoms with Crippen LogP contribution in [0.1, 0.15) is 11.1 Å². The molecule has 0 saturated carbocycles. The zero-order valence-corrected chi connectivity index (χ0v) is 10.4. The Labute approximate surface area is 110 Å². The predicted octanol–water partition coefficient (Wildman–Crippen LogP) is 2.43. The topological polar surface area (TPSA) is 93.0 Å². The number of aryl methyl sites for hydroxylation is 1. The van der Waals surface area contributed by atoms with E-state index in [1.807, 2.05) is 0 Å². The Morgan fingerprint density at radius 2 is 1.58 bits per heavy atom. The van der Waals surface area contributed by atoms with Gasteiger partial charge in [-0.1, -0.05) is 0 Å². The highest BCUT2D eigenvalue weighted by atomic mass is 16.3.